The molecule has 0 saturated heterocycles. The number of methoxy groups -OCH3 is 1. The lowest BCUT2D eigenvalue weighted by Crippen LogP contribution is -2.37. The number of benzene rings is 2. The standard InChI is InChI=1S/C25H32FNO5S2/c1-4-6-11-25(5-2)16-27(20-9-7-19(26)8-10-20)21-13-22(32-3)18(14-33-15-24(28)29)12-23(21)34(30,31)17-25/h7-10,12-13H,4-6,11,14-17H2,1-3H3,(H,28,29). The largest absolute Gasteiger partial charge is 0.496 e. The first-order valence-corrected chi connectivity index (χ1v) is 14.2. The van der Waals surface area contributed by atoms with Gasteiger partial charge >= 0.3 is 5.97 Å². The van der Waals surface area contributed by atoms with Crippen molar-refractivity contribution in [1.82, 2.24) is 0 Å². The fraction of sp³-hybridized carbons (Fsp3) is 0.480. The molecule has 0 fully saturated rings. The zero-order chi connectivity index (χ0) is 24.9. The van der Waals surface area contributed by atoms with Gasteiger partial charge in [-0.2, -0.15) is 0 Å². The molecule has 6 nitrogen and oxygen atoms in total. The number of carboxylic acid groups (broad SMARTS) is 1. The minimum absolute atomic E-state index is 0.0230. The van der Waals surface area contributed by atoms with Gasteiger partial charge in [0.15, 0.2) is 9.84 Å². The van der Waals surface area contributed by atoms with Crippen LogP contribution in [0, 0.1) is 11.2 Å². The first-order valence-electron chi connectivity index (χ1n) is 11.4. The summed E-state index contributed by atoms with van der Waals surface area (Å²) in [5, 5.41) is 8.98. The third kappa shape index (κ3) is 5.86. The Morgan fingerprint density at radius 2 is 1.94 bits per heavy atom. The van der Waals surface area contributed by atoms with Crippen molar-refractivity contribution in [1.29, 1.82) is 0 Å². The quantitative estimate of drug-likeness (QED) is 0.442. The summed E-state index contributed by atoms with van der Waals surface area (Å²) < 4.78 is 46.8. The monoisotopic (exact) mass is 509 g/mol. The van der Waals surface area contributed by atoms with Crippen molar-refractivity contribution in [3.63, 3.8) is 0 Å². The average Bonchev–Trinajstić information content (AvgIpc) is 2.90. The molecule has 34 heavy (non-hydrogen) atoms. The molecule has 3 rings (SSSR count). The third-order valence-electron chi connectivity index (χ3n) is 6.41. The number of fused-ring (bicyclic) bond motifs is 1. The highest BCUT2D eigenvalue weighted by Gasteiger charge is 2.41. The fourth-order valence-electron chi connectivity index (χ4n) is 4.49. The smallest absolute Gasteiger partial charge is 0.313 e. The molecule has 1 aliphatic rings. The number of hydrogen-bond donors (Lipinski definition) is 1. The van der Waals surface area contributed by atoms with Crippen molar-refractivity contribution >= 4 is 38.9 Å². The number of anilines is 2. The summed E-state index contributed by atoms with van der Waals surface area (Å²) in [5.74, 6) is -0.555. The van der Waals surface area contributed by atoms with E-state index in [1.807, 2.05) is 11.8 Å². The van der Waals surface area contributed by atoms with Crippen LogP contribution in [-0.2, 0) is 20.4 Å². The molecule has 0 amide bonds. The summed E-state index contributed by atoms with van der Waals surface area (Å²) in [6.07, 6.45) is 3.33. The van der Waals surface area contributed by atoms with Crippen LogP contribution in [0.15, 0.2) is 41.3 Å². The summed E-state index contributed by atoms with van der Waals surface area (Å²) in [6.45, 7) is 4.60. The topological polar surface area (TPSA) is 83.9 Å². The molecule has 1 heterocycles. The minimum Gasteiger partial charge on any atom is -0.496 e. The molecule has 0 radical (unpaired) electrons. The van der Waals surface area contributed by atoms with Crippen molar-refractivity contribution in [2.24, 2.45) is 5.41 Å². The minimum atomic E-state index is -3.66. The number of hydrogen-bond acceptors (Lipinski definition) is 6. The average molecular weight is 510 g/mol. The first-order chi connectivity index (χ1) is 16.1. The predicted octanol–water partition coefficient (Wildman–Crippen LogP) is 5.66. The van der Waals surface area contributed by atoms with Crippen LogP contribution < -0.4 is 9.64 Å². The number of carboxylic acids is 1. The van der Waals surface area contributed by atoms with Gasteiger partial charge in [0, 0.05) is 35.0 Å². The van der Waals surface area contributed by atoms with E-state index in [4.69, 9.17) is 9.84 Å². The Morgan fingerprint density at radius 1 is 1.24 bits per heavy atom. The highest BCUT2D eigenvalue weighted by molar-refractivity contribution is 7.99. The van der Waals surface area contributed by atoms with E-state index in [0.29, 0.717) is 41.4 Å². The number of aliphatic carboxylic acids is 1. The molecule has 1 atom stereocenters. The number of thioether (sulfide) groups is 1. The Kier molecular flexibility index (Phi) is 8.52. The Bertz CT molecular complexity index is 1120. The first kappa shape index (κ1) is 26.3. The molecule has 9 heteroatoms. The van der Waals surface area contributed by atoms with Crippen LogP contribution in [0.2, 0.25) is 0 Å². The SMILES string of the molecule is CCCCC1(CC)CN(c2ccc(F)cc2)c2cc(OC)c(CSCC(=O)O)cc2S(=O)(=O)C1. The summed E-state index contributed by atoms with van der Waals surface area (Å²) in [7, 11) is -2.15. The number of ether oxygens (including phenoxy) is 1. The normalized spacial score (nSPS) is 19.4. The van der Waals surface area contributed by atoms with E-state index in [-0.39, 0.29) is 22.2 Å². The molecular weight excluding hydrogens is 477 g/mol. The molecule has 0 saturated carbocycles. The lowest BCUT2D eigenvalue weighted by atomic mass is 9.81. The molecular formula is C25H32FNO5S2. The summed E-state index contributed by atoms with van der Waals surface area (Å²) in [5.41, 5.74) is 1.38. The van der Waals surface area contributed by atoms with Crippen LogP contribution in [0.3, 0.4) is 0 Å². The van der Waals surface area contributed by atoms with E-state index in [0.717, 1.165) is 19.3 Å². The van der Waals surface area contributed by atoms with Crippen molar-refractivity contribution in [3.05, 3.63) is 47.8 Å². The van der Waals surface area contributed by atoms with Gasteiger partial charge in [-0.05, 0) is 43.2 Å². The van der Waals surface area contributed by atoms with Gasteiger partial charge in [-0.1, -0.05) is 26.7 Å². The highest BCUT2D eigenvalue weighted by Crippen LogP contribution is 2.46. The summed E-state index contributed by atoms with van der Waals surface area (Å²) in [6, 6.07) is 9.43. The Morgan fingerprint density at radius 3 is 2.53 bits per heavy atom. The molecule has 186 valence electrons. The third-order valence-corrected chi connectivity index (χ3v) is 9.37. The molecule has 1 aliphatic heterocycles. The molecule has 2 aromatic rings. The summed E-state index contributed by atoms with van der Waals surface area (Å²) in [4.78, 5) is 13.1. The number of halogens is 1. The van der Waals surface area contributed by atoms with Gasteiger partial charge in [0.2, 0.25) is 0 Å². The maximum Gasteiger partial charge on any atom is 0.313 e. The lowest BCUT2D eigenvalue weighted by molar-refractivity contribution is -0.133. The summed E-state index contributed by atoms with van der Waals surface area (Å²) >= 11 is 1.18. The Labute approximate surface area is 205 Å². The van der Waals surface area contributed by atoms with Crippen molar-refractivity contribution < 1.29 is 27.4 Å². The molecule has 1 N–H and O–H groups in total. The second-order valence-corrected chi connectivity index (χ2v) is 11.7. The second-order valence-electron chi connectivity index (χ2n) is 8.80. The lowest BCUT2D eigenvalue weighted by Gasteiger charge is -2.36. The highest BCUT2D eigenvalue weighted by atomic mass is 32.2. The van der Waals surface area contributed by atoms with E-state index in [2.05, 4.69) is 6.92 Å². The maximum absolute atomic E-state index is 13.8. The van der Waals surface area contributed by atoms with Crippen LogP contribution in [-0.4, -0.2) is 44.7 Å². The predicted molar refractivity (Wildman–Crippen MR) is 134 cm³/mol. The van der Waals surface area contributed by atoms with Crippen LogP contribution in [0.5, 0.6) is 5.75 Å². The van der Waals surface area contributed by atoms with Gasteiger partial charge in [0.05, 0.1) is 29.2 Å². The number of unbranched alkanes of at least 4 members (excludes halogenated alkanes) is 1. The van der Waals surface area contributed by atoms with E-state index in [1.165, 1.54) is 31.0 Å². The second kappa shape index (κ2) is 11.0. The van der Waals surface area contributed by atoms with Crippen LogP contribution >= 0.6 is 11.8 Å². The van der Waals surface area contributed by atoms with Crippen LogP contribution in [0.1, 0.15) is 45.1 Å². The van der Waals surface area contributed by atoms with E-state index in [9.17, 15) is 17.6 Å². The molecule has 0 bridgehead atoms. The van der Waals surface area contributed by atoms with Gasteiger partial charge in [-0.25, -0.2) is 12.8 Å². The molecule has 0 aliphatic carbocycles. The molecule has 2 aromatic carbocycles. The van der Waals surface area contributed by atoms with Gasteiger partial charge in [0.25, 0.3) is 0 Å². The fourth-order valence-corrected chi connectivity index (χ4v) is 7.43. The number of carbonyl (C=O) groups is 1. The molecule has 0 aromatic heterocycles. The number of nitrogens with zero attached hydrogens (tertiary/aromatic N) is 1. The van der Waals surface area contributed by atoms with Crippen molar-refractivity contribution in [2.75, 3.05) is 30.1 Å². The van der Waals surface area contributed by atoms with Crippen molar-refractivity contribution in [2.45, 2.75) is 50.2 Å². The van der Waals surface area contributed by atoms with Crippen LogP contribution in [0.4, 0.5) is 15.8 Å². The number of sulfone groups is 1. The van der Waals surface area contributed by atoms with E-state index >= 15 is 0 Å². The van der Waals surface area contributed by atoms with Gasteiger partial charge in [-0.3, -0.25) is 4.79 Å². The van der Waals surface area contributed by atoms with Gasteiger partial charge < -0.3 is 14.7 Å². The van der Waals surface area contributed by atoms with E-state index < -0.39 is 21.2 Å². The van der Waals surface area contributed by atoms with Crippen molar-refractivity contribution in [3.8, 4) is 5.75 Å². The Balaban J connectivity index is 2.19. The maximum atomic E-state index is 13.8. The van der Waals surface area contributed by atoms with Gasteiger partial charge in [-0.15, -0.1) is 11.8 Å². The Hall–Kier alpha value is -2.26. The van der Waals surface area contributed by atoms with Gasteiger partial charge in [0.1, 0.15) is 11.6 Å². The zero-order valence-electron chi connectivity index (χ0n) is 19.8. The van der Waals surface area contributed by atoms with Crippen LogP contribution in [0.25, 0.3) is 0 Å². The zero-order valence-corrected chi connectivity index (χ0v) is 21.5. The molecule has 1 unspecified atom stereocenters. The molecule has 0 spiro atoms. The number of rotatable bonds is 10. The van der Waals surface area contributed by atoms with E-state index in [1.54, 1.807) is 24.3 Å².